The predicted molar refractivity (Wildman–Crippen MR) is 117 cm³/mol. The fraction of sp³-hybridized carbons (Fsp3) is 0.364. The minimum atomic E-state index is -3.60. The number of amides is 2. The molecule has 9 heteroatoms. The molecule has 166 valence electrons. The lowest BCUT2D eigenvalue weighted by molar-refractivity contribution is -0.117. The highest BCUT2D eigenvalue weighted by atomic mass is 32.2. The average Bonchev–Trinajstić information content (AvgIpc) is 2.79. The lowest BCUT2D eigenvalue weighted by Crippen LogP contribution is -2.41. The maximum absolute atomic E-state index is 12.8. The van der Waals surface area contributed by atoms with Crippen molar-refractivity contribution in [3.8, 4) is 0 Å². The van der Waals surface area contributed by atoms with Crippen molar-refractivity contribution >= 4 is 27.7 Å². The minimum absolute atomic E-state index is 0.0947. The molecule has 0 aromatic heterocycles. The maximum Gasteiger partial charge on any atom is 0.408 e. The van der Waals surface area contributed by atoms with Crippen molar-refractivity contribution < 1.29 is 22.7 Å². The van der Waals surface area contributed by atoms with Crippen molar-refractivity contribution in [1.29, 1.82) is 0 Å². The van der Waals surface area contributed by atoms with E-state index in [4.69, 9.17) is 4.74 Å². The summed E-state index contributed by atoms with van der Waals surface area (Å²) in [6.07, 6.45) is 2.01. The first kappa shape index (κ1) is 22.8. The van der Waals surface area contributed by atoms with Crippen LogP contribution in [0.5, 0.6) is 0 Å². The van der Waals surface area contributed by atoms with E-state index in [1.165, 1.54) is 23.4 Å². The lowest BCUT2D eigenvalue weighted by Gasteiger charge is -2.26. The first-order valence-electron chi connectivity index (χ1n) is 10.2. The van der Waals surface area contributed by atoms with Gasteiger partial charge in [0.25, 0.3) is 0 Å². The molecule has 1 fully saturated rings. The number of hydrogen-bond acceptors (Lipinski definition) is 5. The Morgan fingerprint density at radius 3 is 2.45 bits per heavy atom. The summed E-state index contributed by atoms with van der Waals surface area (Å²) in [5.41, 5.74) is 1.18. The van der Waals surface area contributed by atoms with Crippen LogP contribution in [-0.2, 0) is 26.2 Å². The van der Waals surface area contributed by atoms with E-state index < -0.39 is 28.1 Å². The van der Waals surface area contributed by atoms with Gasteiger partial charge in [-0.15, -0.1) is 0 Å². The van der Waals surface area contributed by atoms with Gasteiger partial charge in [0.1, 0.15) is 12.6 Å². The molecule has 0 bridgehead atoms. The van der Waals surface area contributed by atoms with Crippen LogP contribution >= 0.6 is 0 Å². The minimum Gasteiger partial charge on any atom is -0.445 e. The summed E-state index contributed by atoms with van der Waals surface area (Å²) in [4.78, 5) is 24.5. The Bertz CT molecular complexity index is 1000. The average molecular weight is 446 g/mol. The number of nitrogens with zero attached hydrogens (tertiary/aromatic N) is 1. The highest BCUT2D eigenvalue weighted by Crippen LogP contribution is 2.23. The molecule has 1 aliphatic rings. The van der Waals surface area contributed by atoms with Crippen molar-refractivity contribution in [3.63, 3.8) is 0 Å². The number of ether oxygens (including phenoxy) is 1. The van der Waals surface area contributed by atoms with Gasteiger partial charge in [-0.3, -0.25) is 4.79 Å². The SMILES string of the molecule is CC(NC(=O)OCc1ccccc1)C(=O)Nc1cccc(S(=O)(=O)N2CCCCC2)c1. The third-order valence-corrected chi connectivity index (χ3v) is 6.89. The lowest BCUT2D eigenvalue weighted by atomic mass is 10.2. The van der Waals surface area contributed by atoms with Crippen LogP contribution in [0, 0.1) is 0 Å². The largest absolute Gasteiger partial charge is 0.445 e. The number of benzene rings is 2. The Morgan fingerprint density at radius 2 is 1.74 bits per heavy atom. The molecule has 1 aliphatic heterocycles. The van der Waals surface area contributed by atoms with Crippen LogP contribution < -0.4 is 10.6 Å². The molecule has 1 unspecified atom stereocenters. The second-order valence-corrected chi connectivity index (χ2v) is 9.35. The molecule has 0 aliphatic carbocycles. The smallest absolute Gasteiger partial charge is 0.408 e. The van der Waals surface area contributed by atoms with Gasteiger partial charge in [-0.1, -0.05) is 42.8 Å². The first-order chi connectivity index (χ1) is 14.9. The normalized spacial score (nSPS) is 15.6. The van der Waals surface area contributed by atoms with E-state index in [0.29, 0.717) is 18.8 Å². The monoisotopic (exact) mass is 445 g/mol. The number of carbonyl (C=O) groups is 2. The summed E-state index contributed by atoms with van der Waals surface area (Å²) in [7, 11) is -3.60. The molecule has 2 aromatic rings. The number of rotatable bonds is 7. The van der Waals surface area contributed by atoms with E-state index in [1.54, 1.807) is 12.1 Å². The molecule has 1 saturated heterocycles. The van der Waals surface area contributed by atoms with Crippen molar-refractivity contribution in [2.24, 2.45) is 0 Å². The molecule has 0 spiro atoms. The highest BCUT2D eigenvalue weighted by molar-refractivity contribution is 7.89. The maximum atomic E-state index is 12.8. The standard InChI is InChI=1S/C22H27N3O5S/c1-17(23-22(27)30-16-18-9-4-2-5-10-18)21(26)24-19-11-8-12-20(15-19)31(28,29)25-13-6-3-7-14-25/h2,4-5,8-12,15,17H,3,6-7,13-14,16H2,1H3,(H,23,27)(H,24,26). The molecule has 2 N–H and O–H groups in total. The molecular weight excluding hydrogens is 418 g/mol. The number of carbonyl (C=O) groups excluding carboxylic acids is 2. The summed E-state index contributed by atoms with van der Waals surface area (Å²) < 4.78 is 32.3. The van der Waals surface area contributed by atoms with Gasteiger partial charge in [-0.05, 0) is 43.5 Å². The summed E-state index contributed by atoms with van der Waals surface area (Å²) in [5, 5.41) is 5.11. The number of sulfonamides is 1. The van der Waals surface area contributed by atoms with Crippen LogP contribution in [0.2, 0.25) is 0 Å². The molecule has 8 nitrogen and oxygen atoms in total. The van der Waals surface area contributed by atoms with Crippen molar-refractivity contribution in [2.75, 3.05) is 18.4 Å². The number of anilines is 1. The van der Waals surface area contributed by atoms with Gasteiger partial charge in [-0.2, -0.15) is 4.31 Å². The quantitative estimate of drug-likeness (QED) is 0.681. The second-order valence-electron chi connectivity index (χ2n) is 7.41. The Kier molecular flexibility index (Phi) is 7.64. The van der Waals surface area contributed by atoms with Gasteiger partial charge in [-0.25, -0.2) is 13.2 Å². The van der Waals surface area contributed by atoms with Crippen LogP contribution in [0.1, 0.15) is 31.7 Å². The Morgan fingerprint density at radius 1 is 1.03 bits per heavy atom. The number of nitrogens with one attached hydrogen (secondary N) is 2. The fourth-order valence-corrected chi connectivity index (χ4v) is 4.81. The van der Waals surface area contributed by atoms with Crippen LogP contribution in [0.25, 0.3) is 0 Å². The summed E-state index contributed by atoms with van der Waals surface area (Å²) in [5.74, 6) is -0.482. The molecule has 1 atom stereocenters. The number of alkyl carbamates (subject to hydrolysis) is 1. The van der Waals surface area contributed by atoms with Gasteiger partial charge in [0, 0.05) is 18.8 Å². The van der Waals surface area contributed by atoms with E-state index in [-0.39, 0.29) is 11.5 Å². The van der Waals surface area contributed by atoms with Crippen molar-refractivity contribution in [2.45, 2.75) is 43.7 Å². The molecule has 0 radical (unpaired) electrons. The van der Waals surface area contributed by atoms with E-state index in [9.17, 15) is 18.0 Å². The van der Waals surface area contributed by atoms with Crippen molar-refractivity contribution in [3.05, 3.63) is 60.2 Å². The zero-order chi connectivity index (χ0) is 22.3. The van der Waals surface area contributed by atoms with Crippen LogP contribution in [-0.4, -0.2) is 43.9 Å². The van der Waals surface area contributed by atoms with Gasteiger partial charge in [0.15, 0.2) is 0 Å². The third-order valence-electron chi connectivity index (χ3n) is 4.99. The van der Waals surface area contributed by atoms with Gasteiger partial charge < -0.3 is 15.4 Å². The van der Waals surface area contributed by atoms with Gasteiger partial charge in [0.2, 0.25) is 15.9 Å². The van der Waals surface area contributed by atoms with E-state index in [1.807, 2.05) is 30.3 Å². The van der Waals surface area contributed by atoms with Gasteiger partial charge >= 0.3 is 6.09 Å². The highest BCUT2D eigenvalue weighted by Gasteiger charge is 2.26. The summed E-state index contributed by atoms with van der Waals surface area (Å²) in [6.45, 7) is 2.63. The van der Waals surface area contributed by atoms with Crippen LogP contribution in [0.4, 0.5) is 10.5 Å². The zero-order valence-corrected chi connectivity index (χ0v) is 18.2. The van der Waals surface area contributed by atoms with E-state index in [0.717, 1.165) is 24.8 Å². The predicted octanol–water partition coefficient (Wildman–Crippen LogP) is 3.11. The fourth-order valence-electron chi connectivity index (χ4n) is 3.25. The molecule has 1 heterocycles. The molecule has 31 heavy (non-hydrogen) atoms. The topological polar surface area (TPSA) is 105 Å². The molecule has 2 aromatic carbocycles. The molecule has 2 amide bonds. The van der Waals surface area contributed by atoms with Crippen LogP contribution in [0.15, 0.2) is 59.5 Å². The Hall–Kier alpha value is -2.91. The van der Waals surface area contributed by atoms with E-state index in [2.05, 4.69) is 10.6 Å². The Labute approximate surface area is 182 Å². The summed E-state index contributed by atoms with van der Waals surface area (Å²) >= 11 is 0. The van der Waals surface area contributed by atoms with Crippen molar-refractivity contribution in [1.82, 2.24) is 9.62 Å². The number of piperidine rings is 1. The zero-order valence-electron chi connectivity index (χ0n) is 17.4. The Balaban J connectivity index is 1.56. The molecule has 0 saturated carbocycles. The first-order valence-corrected chi connectivity index (χ1v) is 11.7. The third kappa shape index (κ3) is 6.28. The second kappa shape index (κ2) is 10.4. The molecular formula is C22H27N3O5S. The van der Waals surface area contributed by atoms with Crippen LogP contribution in [0.3, 0.4) is 0 Å². The summed E-state index contributed by atoms with van der Waals surface area (Å²) in [6, 6.07) is 14.5. The molecule has 3 rings (SSSR count). The number of hydrogen-bond donors (Lipinski definition) is 2. The van der Waals surface area contributed by atoms with Gasteiger partial charge in [0.05, 0.1) is 4.90 Å². The van der Waals surface area contributed by atoms with E-state index >= 15 is 0 Å².